The molecule has 0 aliphatic carbocycles. The molecule has 0 saturated heterocycles. The normalized spacial score (nSPS) is 11.8. The van der Waals surface area contributed by atoms with E-state index in [-0.39, 0.29) is 23.3 Å². The highest BCUT2D eigenvalue weighted by atomic mass is 19.4. The molecule has 0 aliphatic rings. The van der Waals surface area contributed by atoms with Gasteiger partial charge in [-0.3, -0.25) is 0 Å². The van der Waals surface area contributed by atoms with Gasteiger partial charge in [0.2, 0.25) is 0 Å². The summed E-state index contributed by atoms with van der Waals surface area (Å²) in [6.45, 7) is 2.35. The van der Waals surface area contributed by atoms with Gasteiger partial charge < -0.3 is 4.74 Å². The molecule has 4 aromatic carbocycles. The first-order chi connectivity index (χ1) is 17.2. The topological polar surface area (TPSA) is 9.23 Å². The number of alkyl halides is 3. The first kappa shape index (κ1) is 25.6. The summed E-state index contributed by atoms with van der Waals surface area (Å²) in [4.78, 5) is 0. The molecule has 4 aromatic rings. The molecule has 0 N–H and O–H groups in total. The fourth-order valence-electron chi connectivity index (χ4n) is 4.07. The number of halogens is 6. The SMILES string of the molecule is CCCCOc1cc(F)c(-c2ccc3c(F)c(CCc4ccc(C(F)(F)F)cc4)ccc3c2)c(F)c1. The number of hydrogen-bond donors (Lipinski definition) is 0. The molecule has 0 fully saturated rings. The van der Waals surface area contributed by atoms with Crippen molar-refractivity contribution in [3.05, 3.63) is 101 Å². The van der Waals surface area contributed by atoms with Crippen LogP contribution in [0.2, 0.25) is 0 Å². The fourth-order valence-corrected chi connectivity index (χ4v) is 4.07. The number of fused-ring (bicyclic) bond motifs is 1. The lowest BCUT2D eigenvalue weighted by Crippen LogP contribution is -2.04. The molecule has 0 spiro atoms. The average Bonchev–Trinajstić information content (AvgIpc) is 2.83. The largest absolute Gasteiger partial charge is 0.493 e. The highest BCUT2D eigenvalue weighted by Gasteiger charge is 2.29. The molecule has 0 unspecified atom stereocenters. The van der Waals surface area contributed by atoms with Gasteiger partial charge in [0.1, 0.15) is 23.2 Å². The molecule has 0 atom stereocenters. The Morgan fingerprint density at radius 1 is 0.778 bits per heavy atom. The number of rotatable bonds is 8. The quantitative estimate of drug-likeness (QED) is 0.173. The van der Waals surface area contributed by atoms with Crippen molar-refractivity contribution in [2.45, 2.75) is 38.8 Å². The minimum atomic E-state index is -4.40. The summed E-state index contributed by atoms with van der Waals surface area (Å²) in [5, 5.41) is 0.773. The smallest absolute Gasteiger partial charge is 0.416 e. The van der Waals surface area contributed by atoms with Crippen molar-refractivity contribution in [2.24, 2.45) is 0 Å². The highest BCUT2D eigenvalue weighted by molar-refractivity contribution is 5.88. The third-order valence-electron chi connectivity index (χ3n) is 6.07. The van der Waals surface area contributed by atoms with Gasteiger partial charge in [0.15, 0.2) is 0 Å². The molecule has 0 radical (unpaired) electrons. The Morgan fingerprint density at radius 2 is 1.47 bits per heavy atom. The summed E-state index contributed by atoms with van der Waals surface area (Å²) in [6, 6.07) is 14.8. The molecule has 1 nitrogen and oxygen atoms in total. The van der Waals surface area contributed by atoms with Crippen LogP contribution in [0.15, 0.2) is 66.7 Å². The summed E-state index contributed by atoms with van der Waals surface area (Å²) in [7, 11) is 0. The van der Waals surface area contributed by atoms with E-state index in [0.29, 0.717) is 34.9 Å². The molecular formula is C29H24F6O. The van der Waals surface area contributed by atoms with Crippen LogP contribution in [0.4, 0.5) is 26.3 Å². The highest BCUT2D eigenvalue weighted by Crippen LogP contribution is 2.33. The monoisotopic (exact) mass is 502 g/mol. The van der Waals surface area contributed by atoms with E-state index in [1.54, 1.807) is 12.1 Å². The third-order valence-corrected chi connectivity index (χ3v) is 6.07. The van der Waals surface area contributed by atoms with E-state index in [1.165, 1.54) is 30.3 Å². The molecule has 0 amide bonds. The average molecular weight is 502 g/mol. The minimum Gasteiger partial charge on any atom is -0.493 e. The zero-order chi connectivity index (χ0) is 25.9. The second kappa shape index (κ2) is 10.6. The van der Waals surface area contributed by atoms with Gasteiger partial charge in [0.25, 0.3) is 0 Å². The number of unbranched alkanes of at least 4 members (excludes halogenated alkanes) is 1. The molecule has 0 aliphatic heterocycles. The second-order valence-corrected chi connectivity index (χ2v) is 8.63. The van der Waals surface area contributed by atoms with Gasteiger partial charge in [0.05, 0.1) is 17.7 Å². The molecule has 0 aromatic heterocycles. The molecule has 0 saturated carbocycles. The zero-order valence-corrected chi connectivity index (χ0v) is 19.6. The van der Waals surface area contributed by atoms with Crippen LogP contribution in [-0.2, 0) is 19.0 Å². The van der Waals surface area contributed by atoms with Crippen LogP contribution in [0.5, 0.6) is 5.75 Å². The van der Waals surface area contributed by atoms with E-state index in [2.05, 4.69) is 0 Å². The second-order valence-electron chi connectivity index (χ2n) is 8.63. The Balaban J connectivity index is 1.54. The molecule has 188 valence electrons. The number of aryl methyl sites for hydroxylation is 2. The maximum atomic E-state index is 15.2. The van der Waals surface area contributed by atoms with Crippen LogP contribution in [0.3, 0.4) is 0 Å². The van der Waals surface area contributed by atoms with Crippen LogP contribution in [0, 0.1) is 17.5 Å². The Bertz CT molecular complexity index is 1340. The van der Waals surface area contributed by atoms with Crippen molar-refractivity contribution in [3.63, 3.8) is 0 Å². The van der Waals surface area contributed by atoms with E-state index in [9.17, 15) is 22.0 Å². The molecule has 0 heterocycles. The zero-order valence-electron chi connectivity index (χ0n) is 19.6. The lowest BCUT2D eigenvalue weighted by Gasteiger charge is -2.12. The van der Waals surface area contributed by atoms with E-state index >= 15 is 4.39 Å². The van der Waals surface area contributed by atoms with Gasteiger partial charge in [-0.15, -0.1) is 0 Å². The minimum absolute atomic E-state index is 0.117. The first-order valence-corrected chi connectivity index (χ1v) is 11.7. The maximum absolute atomic E-state index is 15.2. The van der Waals surface area contributed by atoms with Gasteiger partial charge in [0, 0.05) is 17.5 Å². The number of benzene rings is 4. The maximum Gasteiger partial charge on any atom is 0.416 e. The van der Waals surface area contributed by atoms with Gasteiger partial charge in [-0.25, -0.2) is 13.2 Å². The standard InChI is InChI=1S/C29H24F6O/c1-2-3-14-36-23-16-25(30)27(26(31)17-23)21-10-13-24-20(15-21)9-8-19(28(24)32)7-4-18-5-11-22(12-6-18)29(33,34)35/h5-6,8-13,15-17H,2-4,7,14H2,1H3. The lowest BCUT2D eigenvalue weighted by atomic mass is 9.96. The van der Waals surface area contributed by atoms with Crippen LogP contribution >= 0.6 is 0 Å². The third kappa shape index (κ3) is 5.66. The lowest BCUT2D eigenvalue weighted by molar-refractivity contribution is -0.137. The van der Waals surface area contributed by atoms with Crippen LogP contribution in [0.1, 0.15) is 36.5 Å². The molecule has 36 heavy (non-hydrogen) atoms. The molecule has 0 bridgehead atoms. The van der Waals surface area contributed by atoms with E-state index in [0.717, 1.165) is 37.1 Å². The summed E-state index contributed by atoms with van der Waals surface area (Å²) in [6.07, 6.45) is -2.08. The summed E-state index contributed by atoms with van der Waals surface area (Å²) < 4.78 is 88.2. The Kier molecular flexibility index (Phi) is 7.57. The van der Waals surface area contributed by atoms with E-state index in [1.807, 2.05) is 6.92 Å². The van der Waals surface area contributed by atoms with Gasteiger partial charge in [-0.2, -0.15) is 13.2 Å². The van der Waals surface area contributed by atoms with E-state index < -0.39 is 29.2 Å². The van der Waals surface area contributed by atoms with Crippen LogP contribution < -0.4 is 4.74 Å². The van der Waals surface area contributed by atoms with Gasteiger partial charge in [-0.05, 0) is 59.5 Å². The number of ether oxygens (including phenoxy) is 1. The fraction of sp³-hybridized carbons (Fsp3) is 0.241. The van der Waals surface area contributed by atoms with Crippen molar-refractivity contribution >= 4 is 10.8 Å². The predicted octanol–water partition coefficient (Wildman–Crippen LogP) is 8.91. The molecule has 4 rings (SSSR count). The van der Waals surface area contributed by atoms with Crippen molar-refractivity contribution in [2.75, 3.05) is 6.61 Å². The van der Waals surface area contributed by atoms with Crippen LogP contribution in [-0.4, -0.2) is 6.61 Å². The Morgan fingerprint density at radius 3 is 2.11 bits per heavy atom. The molecular weight excluding hydrogens is 478 g/mol. The summed E-state index contributed by atoms with van der Waals surface area (Å²) in [5.74, 6) is -1.89. The Labute approximate surface area is 205 Å². The first-order valence-electron chi connectivity index (χ1n) is 11.7. The van der Waals surface area contributed by atoms with Crippen molar-refractivity contribution in [1.29, 1.82) is 0 Å². The van der Waals surface area contributed by atoms with Crippen molar-refractivity contribution in [3.8, 4) is 16.9 Å². The van der Waals surface area contributed by atoms with Crippen molar-refractivity contribution < 1.29 is 31.1 Å². The van der Waals surface area contributed by atoms with Crippen molar-refractivity contribution in [1.82, 2.24) is 0 Å². The number of hydrogen-bond acceptors (Lipinski definition) is 1. The summed E-state index contributed by atoms with van der Waals surface area (Å²) in [5.41, 5.74) is 0.388. The van der Waals surface area contributed by atoms with Gasteiger partial charge >= 0.3 is 6.18 Å². The van der Waals surface area contributed by atoms with Crippen LogP contribution in [0.25, 0.3) is 21.9 Å². The summed E-state index contributed by atoms with van der Waals surface area (Å²) >= 11 is 0. The Hall–Kier alpha value is -3.48. The van der Waals surface area contributed by atoms with Gasteiger partial charge in [-0.1, -0.05) is 49.7 Å². The predicted molar refractivity (Wildman–Crippen MR) is 129 cm³/mol. The van der Waals surface area contributed by atoms with E-state index in [4.69, 9.17) is 4.74 Å². The molecule has 7 heteroatoms.